The summed E-state index contributed by atoms with van der Waals surface area (Å²) in [6, 6.07) is 17.2. The van der Waals surface area contributed by atoms with Crippen LogP contribution in [0.25, 0.3) is 0 Å². The van der Waals surface area contributed by atoms with E-state index < -0.39 is 0 Å². The number of hydrogen-bond acceptors (Lipinski definition) is 5. The van der Waals surface area contributed by atoms with E-state index in [2.05, 4.69) is 10.5 Å². The van der Waals surface area contributed by atoms with Crippen LogP contribution in [0.1, 0.15) is 46.8 Å². The third-order valence-electron chi connectivity index (χ3n) is 5.50. The van der Waals surface area contributed by atoms with Gasteiger partial charge in [0, 0.05) is 18.8 Å². The first-order chi connectivity index (χ1) is 15.7. The minimum atomic E-state index is -0.268. The average molecular weight is 449 g/mol. The second-order valence-corrected chi connectivity index (χ2v) is 9.14. The van der Waals surface area contributed by atoms with Gasteiger partial charge >= 0.3 is 0 Å². The summed E-state index contributed by atoms with van der Waals surface area (Å²) >= 11 is 0. The molecule has 0 radical (unpaired) electrons. The predicted molar refractivity (Wildman–Crippen MR) is 129 cm³/mol. The monoisotopic (exact) mass is 448 g/mol. The summed E-state index contributed by atoms with van der Waals surface area (Å²) in [6.45, 7) is 8.84. The van der Waals surface area contributed by atoms with Gasteiger partial charge in [-0.05, 0) is 49.1 Å². The fraction of sp³-hybridized carbons (Fsp3) is 0.346. The third-order valence-corrected chi connectivity index (χ3v) is 5.50. The van der Waals surface area contributed by atoms with Crippen molar-refractivity contribution in [1.29, 1.82) is 0 Å². The van der Waals surface area contributed by atoms with Crippen molar-refractivity contribution in [3.05, 3.63) is 82.7 Å². The number of anilines is 1. The molecule has 174 valence electrons. The highest BCUT2D eigenvalue weighted by Gasteiger charge is 2.28. The van der Waals surface area contributed by atoms with E-state index in [1.165, 1.54) is 0 Å². The smallest absolute Gasteiger partial charge is 0.259 e. The molecule has 0 unspecified atom stereocenters. The zero-order valence-corrected chi connectivity index (χ0v) is 19.7. The molecule has 7 nitrogen and oxygen atoms in total. The van der Waals surface area contributed by atoms with E-state index in [9.17, 15) is 9.59 Å². The van der Waals surface area contributed by atoms with Gasteiger partial charge in [0.1, 0.15) is 11.3 Å². The van der Waals surface area contributed by atoms with Gasteiger partial charge in [-0.25, -0.2) is 0 Å². The Labute approximate surface area is 194 Å². The van der Waals surface area contributed by atoms with Crippen LogP contribution in [0.2, 0.25) is 0 Å². The van der Waals surface area contributed by atoms with Gasteiger partial charge in [-0.1, -0.05) is 61.5 Å². The highest BCUT2D eigenvalue weighted by atomic mass is 16.5. The molecule has 0 aliphatic rings. The predicted octanol–water partition coefficient (Wildman–Crippen LogP) is 4.10. The summed E-state index contributed by atoms with van der Waals surface area (Å²) in [7, 11) is 0. The molecular weight excluding hydrogens is 416 g/mol. The van der Waals surface area contributed by atoms with E-state index in [4.69, 9.17) is 10.3 Å². The molecule has 0 aliphatic carbocycles. The molecule has 2 aromatic carbocycles. The number of rotatable bonds is 9. The number of nitrogens with zero attached hydrogens (tertiary/aromatic N) is 2. The first-order valence-electron chi connectivity index (χ1n) is 11.0. The van der Waals surface area contributed by atoms with E-state index in [0.717, 1.165) is 11.1 Å². The molecule has 7 heteroatoms. The van der Waals surface area contributed by atoms with Gasteiger partial charge < -0.3 is 20.5 Å². The Kier molecular flexibility index (Phi) is 7.66. The van der Waals surface area contributed by atoms with Crippen molar-refractivity contribution in [2.24, 2.45) is 11.1 Å². The second-order valence-electron chi connectivity index (χ2n) is 9.14. The summed E-state index contributed by atoms with van der Waals surface area (Å²) in [4.78, 5) is 27.7. The lowest BCUT2D eigenvalue weighted by molar-refractivity contribution is -0.115. The van der Waals surface area contributed by atoms with Crippen molar-refractivity contribution in [1.82, 2.24) is 10.1 Å². The Morgan fingerprint density at radius 3 is 2.39 bits per heavy atom. The van der Waals surface area contributed by atoms with Crippen LogP contribution in [0.4, 0.5) is 5.69 Å². The SMILES string of the molecule is Cc1noc(C)c1C(=O)N(Cc1cccc(NC(=O)Cc2ccccc2)c1)CC(C)(C)CN. The van der Waals surface area contributed by atoms with Crippen molar-refractivity contribution in [2.75, 3.05) is 18.4 Å². The molecule has 3 rings (SSSR count). The third kappa shape index (κ3) is 6.52. The summed E-state index contributed by atoms with van der Waals surface area (Å²) in [6.07, 6.45) is 0.298. The zero-order valence-electron chi connectivity index (χ0n) is 19.7. The Hall–Kier alpha value is -3.45. The zero-order chi connectivity index (χ0) is 24.0. The topological polar surface area (TPSA) is 101 Å². The Morgan fingerprint density at radius 1 is 1.06 bits per heavy atom. The van der Waals surface area contributed by atoms with Crippen LogP contribution >= 0.6 is 0 Å². The molecule has 0 bridgehead atoms. The van der Waals surface area contributed by atoms with Crippen molar-refractivity contribution < 1.29 is 14.1 Å². The molecule has 0 aliphatic heterocycles. The highest BCUT2D eigenvalue weighted by molar-refractivity contribution is 5.96. The van der Waals surface area contributed by atoms with Crippen LogP contribution in [0.3, 0.4) is 0 Å². The number of nitrogens with two attached hydrogens (primary N) is 1. The Balaban J connectivity index is 1.78. The molecule has 0 saturated carbocycles. The molecule has 1 aromatic heterocycles. The number of nitrogens with one attached hydrogen (secondary N) is 1. The summed E-state index contributed by atoms with van der Waals surface area (Å²) < 4.78 is 5.22. The number of aromatic nitrogens is 1. The van der Waals surface area contributed by atoms with Gasteiger partial charge in [0.25, 0.3) is 5.91 Å². The number of benzene rings is 2. The highest BCUT2D eigenvalue weighted by Crippen LogP contribution is 2.23. The van der Waals surface area contributed by atoms with Crippen molar-refractivity contribution >= 4 is 17.5 Å². The minimum Gasteiger partial charge on any atom is -0.361 e. The van der Waals surface area contributed by atoms with E-state index in [-0.39, 0.29) is 17.2 Å². The molecule has 0 fully saturated rings. The van der Waals surface area contributed by atoms with Crippen LogP contribution < -0.4 is 11.1 Å². The lowest BCUT2D eigenvalue weighted by Crippen LogP contribution is -2.42. The molecule has 3 N–H and O–H groups in total. The molecule has 0 saturated heterocycles. The summed E-state index contributed by atoms with van der Waals surface area (Å²) in [5.74, 6) is 0.257. The number of hydrogen-bond donors (Lipinski definition) is 2. The van der Waals surface area contributed by atoms with Gasteiger partial charge in [0.15, 0.2) is 0 Å². The molecule has 1 heterocycles. The number of aryl methyl sites for hydroxylation is 2. The summed E-state index contributed by atoms with van der Waals surface area (Å²) in [5.41, 5.74) is 9.28. The van der Waals surface area contributed by atoms with Crippen LogP contribution in [0.5, 0.6) is 0 Å². The standard InChI is InChI=1S/C26H32N4O3/c1-18-24(19(2)33-29-18)25(32)30(17-26(3,4)16-27)15-21-11-8-12-22(13-21)28-23(31)14-20-9-6-5-7-10-20/h5-13H,14-17,27H2,1-4H3,(H,28,31). The van der Waals surface area contributed by atoms with Crippen LogP contribution in [-0.2, 0) is 17.8 Å². The van der Waals surface area contributed by atoms with Crippen LogP contribution in [-0.4, -0.2) is 35.0 Å². The number of amides is 2. The van der Waals surface area contributed by atoms with E-state index >= 15 is 0 Å². The lowest BCUT2D eigenvalue weighted by Gasteiger charge is -2.32. The fourth-order valence-electron chi connectivity index (χ4n) is 3.68. The van der Waals surface area contributed by atoms with Gasteiger partial charge in [-0.3, -0.25) is 9.59 Å². The van der Waals surface area contributed by atoms with Crippen LogP contribution in [0.15, 0.2) is 59.1 Å². The first kappa shape index (κ1) is 24.2. The van der Waals surface area contributed by atoms with Gasteiger partial charge in [-0.2, -0.15) is 0 Å². The maximum atomic E-state index is 13.4. The quantitative estimate of drug-likeness (QED) is 0.513. The van der Waals surface area contributed by atoms with Crippen molar-refractivity contribution in [2.45, 2.75) is 40.7 Å². The van der Waals surface area contributed by atoms with Gasteiger partial charge in [0.2, 0.25) is 5.91 Å². The number of carbonyl (C=O) groups excluding carboxylic acids is 2. The molecule has 0 spiro atoms. The van der Waals surface area contributed by atoms with Crippen LogP contribution in [0, 0.1) is 19.3 Å². The van der Waals surface area contributed by atoms with Crippen molar-refractivity contribution in [3.8, 4) is 0 Å². The molecular formula is C26H32N4O3. The number of carbonyl (C=O) groups is 2. The maximum Gasteiger partial charge on any atom is 0.259 e. The largest absolute Gasteiger partial charge is 0.361 e. The molecule has 2 amide bonds. The van der Waals surface area contributed by atoms with E-state index in [1.54, 1.807) is 18.7 Å². The van der Waals surface area contributed by atoms with Crippen molar-refractivity contribution in [3.63, 3.8) is 0 Å². The molecule has 3 aromatic rings. The normalized spacial score (nSPS) is 11.3. The minimum absolute atomic E-state index is 0.0914. The lowest BCUT2D eigenvalue weighted by atomic mass is 9.92. The second kappa shape index (κ2) is 10.4. The van der Waals surface area contributed by atoms with Gasteiger partial charge in [0.05, 0.1) is 12.1 Å². The summed E-state index contributed by atoms with van der Waals surface area (Å²) in [5, 5.41) is 6.88. The Bertz CT molecular complexity index is 1090. The average Bonchev–Trinajstić information content (AvgIpc) is 3.11. The Morgan fingerprint density at radius 2 is 1.76 bits per heavy atom. The van der Waals surface area contributed by atoms with E-state index in [1.807, 2.05) is 68.4 Å². The van der Waals surface area contributed by atoms with E-state index in [0.29, 0.717) is 48.8 Å². The maximum absolute atomic E-state index is 13.4. The van der Waals surface area contributed by atoms with Gasteiger partial charge in [-0.15, -0.1) is 0 Å². The first-order valence-corrected chi connectivity index (χ1v) is 11.0. The molecule has 0 atom stereocenters. The molecule has 33 heavy (non-hydrogen) atoms. The fourth-order valence-corrected chi connectivity index (χ4v) is 3.68.